The minimum absolute atomic E-state index is 0.258. The van der Waals surface area contributed by atoms with Crippen LogP contribution in [0, 0.1) is 13.8 Å². The molecule has 0 fully saturated rings. The molecule has 3 heterocycles. The first-order chi connectivity index (χ1) is 13.7. The van der Waals surface area contributed by atoms with E-state index in [9.17, 15) is 0 Å². The van der Waals surface area contributed by atoms with E-state index in [2.05, 4.69) is 41.4 Å². The Labute approximate surface area is 170 Å². The summed E-state index contributed by atoms with van der Waals surface area (Å²) in [6, 6.07) is 14.4. The number of thioether (sulfide) groups is 1. The lowest BCUT2D eigenvalue weighted by atomic mass is 10.1. The molecule has 0 N–H and O–H groups in total. The van der Waals surface area contributed by atoms with Crippen LogP contribution in [0.3, 0.4) is 0 Å². The molecule has 5 nitrogen and oxygen atoms in total. The second-order valence-corrected chi connectivity index (χ2v) is 8.78. The molecular weight excluding hydrogens is 390 g/mol. The molecule has 0 saturated carbocycles. The number of benzene rings is 2. The van der Waals surface area contributed by atoms with Crippen molar-refractivity contribution < 1.29 is 9.47 Å². The monoisotopic (exact) mass is 407 g/mol. The molecule has 2 aromatic carbocycles. The van der Waals surface area contributed by atoms with Crippen LogP contribution >= 0.6 is 23.1 Å². The van der Waals surface area contributed by atoms with E-state index in [1.54, 1.807) is 23.1 Å². The summed E-state index contributed by atoms with van der Waals surface area (Å²) in [6.45, 7) is 4.38. The summed E-state index contributed by atoms with van der Waals surface area (Å²) in [5.41, 5.74) is 5.24. The van der Waals surface area contributed by atoms with Crippen molar-refractivity contribution in [1.29, 1.82) is 0 Å². The Morgan fingerprint density at radius 1 is 1.04 bits per heavy atom. The van der Waals surface area contributed by atoms with Gasteiger partial charge in [0.05, 0.1) is 9.71 Å². The van der Waals surface area contributed by atoms with Crippen molar-refractivity contribution in [3.63, 3.8) is 0 Å². The molecule has 0 aliphatic carbocycles. The van der Waals surface area contributed by atoms with Crippen LogP contribution in [0.4, 0.5) is 0 Å². The maximum absolute atomic E-state index is 5.51. The highest BCUT2D eigenvalue weighted by Gasteiger charge is 2.19. The van der Waals surface area contributed by atoms with Crippen molar-refractivity contribution in [3.8, 4) is 22.8 Å². The lowest BCUT2D eigenvalue weighted by Crippen LogP contribution is -1.93. The Bertz CT molecular complexity index is 1190. The van der Waals surface area contributed by atoms with Gasteiger partial charge in [0.1, 0.15) is 16.2 Å². The van der Waals surface area contributed by atoms with E-state index in [1.165, 1.54) is 11.1 Å². The van der Waals surface area contributed by atoms with Gasteiger partial charge >= 0.3 is 0 Å². The van der Waals surface area contributed by atoms with E-state index < -0.39 is 0 Å². The SMILES string of the molecule is Cc1cccc(CSc2nnc(-c3ccc4c(c3)OCO4)c3sc(C)nc23)c1. The fourth-order valence-electron chi connectivity index (χ4n) is 3.20. The first-order valence-electron chi connectivity index (χ1n) is 8.89. The smallest absolute Gasteiger partial charge is 0.231 e. The Morgan fingerprint density at radius 2 is 1.93 bits per heavy atom. The normalized spacial score (nSPS) is 12.6. The Balaban J connectivity index is 1.52. The summed E-state index contributed by atoms with van der Waals surface area (Å²) in [6.07, 6.45) is 0. The summed E-state index contributed by atoms with van der Waals surface area (Å²) < 4.78 is 12.0. The highest BCUT2D eigenvalue weighted by Crippen LogP contribution is 2.40. The number of hydrogen-bond acceptors (Lipinski definition) is 7. The van der Waals surface area contributed by atoms with Crippen LogP contribution in [-0.4, -0.2) is 22.0 Å². The second-order valence-electron chi connectivity index (χ2n) is 6.61. The van der Waals surface area contributed by atoms with Gasteiger partial charge in [0.15, 0.2) is 11.5 Å². The number of hydrogen-bond donors (Lipinski definition) is 0. The zero-order valence-corrected chi connectivity index (χ0v) is 17.1. The number of aryl methyl sites for hydroxylation is 2. The largest absolute Gasteiger partial charge is 0.454 e. The minimum atomic E-state index is 0.258. The standard InChI is InChI=1S/C21H17N3O2S2/c1-12-4-3-5-14(8-12)10-27-21-19-20(28-13(2)22-19)18(23-24-21)15-6-7-16-17(9-15)26-11-25-16/h3-9H,10-11H2,1-2H3. The zero-order chi connectivity index (χ0) is 19.1. The van der Waals surface area contributed by atoms with Gasteiger partial charge in [-0.05, 0) is 37.6 Å². The molecule has 0 radical (unpaired) electrons. The predicted molar refractivity (Wildman–Crippen MR) is 112 cm³/mol. The van der Waals surface area contributed by atoms with Crippen molar-refractivity contribution in [3.05, 3.63) is 58.6 Å². The fraction of sp³-hybridized carbons (Fsp3) is 0.190. The van der Waals surface area contributed by atoms with E-state index in [0.29, 0.717) is 0 Å². The average molecular weight is 408 g/mol. The molecule has 7 heteroatoms. The van der Waals surface area contributed by atoms with Crippen LogP contribution in [0.1, 0.15) is 16.1 Å². The molecule has 2 aromatic heterocycles. The number of fused-ring (bicyclic) bond motifs is 2. The first-order valence-corrected chi connectivity index (χ1v) is 10.7. The van der Waals surface area contributed by atoms with Crippen molar-refractivity contribution in [2.24, 2.45) is 0 Å². The van der Waals surface area contributed by atoms with Crippen LogP contribution in [0.2, 0.25) is 0 Å². The van der Waals surface area contributed by atoms with Gasteiger partial charge < -0.3 is 9.47 Å². The Hall–Kier alpha value is -2.64. The molecule has 140 valence electrons. The maximum Gasteiger partial charge on any atom is 0.231 e. The van der Waals surface area contributed by atoms with E-state index in [4.69, 9.17) is 14.5 Å². The number of nitrogens with zero attached hydrogens (tertiary/aromatic N) is 3. The minimum Gasteiger partial charge on any atom is -0.454 e. The number of thiazole rings is 1. The van der Waals surface area contributed by atoms with E-state index in [1.807, 2.05) is 25.1 Å². The van der Waals surface area contributed by atoms with Crippen molar-refractivity contribution in [1.82, 2.24) is 15.2 Å². The predicted octanol–water partition coefficient (Wildman–Crippen LogP) is 5.39. The molecule has 0 atom stereocenters. The van der Waals surface area contributed by atoms with Crippen LogP contribution in [0.5, 0.6) is 11.5 Å². The highest BCUT2D eigenvalue weighted by molar-refractivity contribution is 7.98. The summed E-state index contributed by atoms with van der Waals surface area (Å²) >= 11 is 3.32. The second kappa shape index (κ2) is 7.07. The van der Waals surface area contributed by atoms with Gasteiger partial charge in [-0.15, -0.1) is 21.5 Å². The van der Waals surface area contributed by atoms with Crippen LogP contribution in [0.25, 0.3) is 21.5 Å². The van der Waals surface area contributed by atoms with E-state index in [-0.39, 0.29) is 6.79 Å². The topological polar surface area (TPSA) is 57.1 Å². The average Bonchev–Trinajstić information content (AvgIpc) is 3.31. The molecule has 0 unspecified atom stereocenters. The van der Waals surface area contributed by atoms with Crippen molar-refractivity contribution in [2.75, 3.05) is 6.79 Å². The summed E-state index contributed by atoms with van der Waals surface area (Å²) in [5, 5.41) is 10.9. The van der Waals surface area contributed by atoms with Crippen LogP contribution in [0.15, 0.2) is 47.5 Å². The van der Waals surface area contributed by atoms with Gasteiger partial charge in [-0.2, -0.15) is 0 Å². The maximum atomic E-state index is 5.51. The third kappa shape index (κ3) is 3.21. The number of aromatic nitrogens is 3. The molecular formula is C21H17N3O2S2. The fourth-order valence-corrected chi connectivity index (χ4v) is 5.06. The number of ether oxygens (including phenoxy) is 2. The molecule has 0 bridgehead atoms. The van der Waals surface area contributed by atoms with Gasteiger partial charge in [0.2, 0.25) is 6.79 Å². The highest BCUT2D eigenvalue weighted by atomic mass is 32.2. The Kier molecular flexibility index (Phi) is 4.41. The van der Waals surface area contributed by atoms with E-state index >= 15 is 0 Å². The van der Waals surface area contributed by atoms with Crippen LogP contribution in [-0.2, 0) is 5.75 Å². The zero-order valence-electron chi connectivity index (χ0n) is 15.4. The summed E-state index contributed by atoms with van der Waals surface area (Å²) in [5.74, 6) is 2.34. The molecule has 0 amide bonds. The molecule has 0 saturated heterocycles. The van der Waals surface area contributed by atoms with Crippen molar-refractivity contribution >= 4 is 33.3 Å². The Morgan fingerprint density at radius 3 is 2.82 bits per heavy atom. The molecule has 4 aromatic rings. The van der Waals surface area contributed by atoms with Gasteiger partial charge in [-0.3, -0.25) is 0 Å². The van der Waals surface area contributed by atoms with Gasteiger partial charge in [0, 0.05) is 11.3 Å². The lowest BCUT2D eigenvalue weighted by molar-refractivity contribution is 0.174. The van der Waals surface area contributed by atoms with Gasteiger partial charge in [0.25, 0.3) is 0 Å². The molecule has 1 aliphatic heterocycles. The summed E-state index contributed by atoms with van der Waals surface area (Å²) in [7, 11) is 0. The third-order valence-corrected chi connectivity index (χ3v) is 6.50. The third-order valence-electron chi connectivity index (χ3n) is 4.50. The number of rotatable bonds is 4. The molecule has 1 aliphatic rings. The lowest BCUT2D eigenvalue weighted by Gasteiger charge is -2.06. The van der Waals surface area contributed by atoms with Gasteiger partial charge in [-0.25, -0.2) is 4.98 Å². The molecule has 28 heavy (non-hydrogen) atoms. The summed E-state index contributed by atoms with van der Waals surface area (Å²) in [4.78, 5) is 4.74. The van der Waals surface area contributed by atoms with Crippen molar-refractivity contribution in [2.45, 2.75) is 24.6 Å². The van der Waals surface area contributed by atoms with Gasteiger partial charge in [-0.1, -0.05) is 41.6 Å². The molecule has 0 spiro atoms. The molecule has 5 rings (SSSR count). The quantitative estimate of drug-likeness (QED) is 0.423. The van der Waals surface area contributed by atoms with E-state index in [0.717, 1.165) is 48.8 Å². The van der Waals surface area contributed by atoms with Crippen LogP contribution < -0.4 is 9.47 Å². The first kappa shape index (κ1) is 17.5.